The molecule has 1 fully saturated rings. The SMILES string of the molecule is [C-]#[N+]c1cccc2c1CC[C@@H]2N1CCOC1=C. The quantitative estimate of drug-likeness (QED) is 0.684. The van der Waals surface area contributed by atoms with Crippen LogP contribution in [0, 0.1) is 6.57 Å². The van der Waals surface area contributed by atoms with Crippen molar-refractivity contribution in [1.82, 2.24) is 4.90 Å². The molecule has 1 atom stereocenters. The van der Waals surface area contributed by atoms with Crippen molar-refractivity contribution in [1.29, 1.82) is 0 Å². The molecule has 0 aromatic heterocycles. The summed E-state index contributed by atoms with van der Waals surface area (Å²) in [7, 11) is 0. The highest BCUT2D eigenvalue weighted by Gasteiger charge is 2.32. The van der Waals surface area contributed by atoms with Crippen LogP contribution in [-0.4, -0.2) is 18.1 Å². The standard InChI is InChI=1S/C14H14N2O/c1-10-16(8-9-17-10)14-7-6-11-12(14)4-3-5-13(11)15-2/h3-5,14H,1,6-9H2/t14-/m0/s1. The number of rotatable bonds is 1. The average Bonchev–Trinajstić information content (AvgIpc) is 2.94. The van der Waals surface area contributed by atoms with Crippen molar-refractivity contribution in [2.75, 3.05) is 13.2 Å². The molecule has 0 amide bonds. The maximum absolute atomic E-state index is 7.20. The van der Waals surface area contributed by atoms with E-state index in [0.717, 1.165) is 37.6 Å². The van der Waals surface area contributed by atoms with Gasteiger partial charge in [0.1, 0.15) is 6.61 Å². The lowest BCUT2D eigenvalue weighted by Crippen LogP contribution is -2.22. The van der Waals surface area contributed by atoms with E-state index in [4.69, 9.17) is 11.3 Å². The van der Waals surface area contributed by atoms with E-state index in [-0.39, 0.29) is 0 Å². The van der Waals surface area contributed by atoms with Gasteiger partial charge in [0.15, 0.2) is 11.6 Å². The fraction of sp³-hybridized carbons (Fsp3) is 0.357. The van der Waals surface area contributed by atoms with Gasteiger partial charge in [0.25, 0.3) is 0 Å². The van der Waals surface area contributed by atoms with Gasteiger partial charge in [-0.1, -0.05) is 18.2 Å². The first-order valence-electron chi connectivity index (χ1n) is 5.89. The molecule has 0 radical (unpaired) electrons. The lowest BCUT2D eigenvalue weighted by Gasteiger charge is -2.25. The van der Waals surface area contributed by atoms with E-state index < -0.39 is 0 Å². The number of benzene rings is 1. The molecule has 2 aliphatic rings. The average molecular weight is 226 g/mol. The predicted molar refractivity (Wildman–Crippen MR) is 65.6 cm³/mol. The summed E-state index contributed by atoms with van der Waals surface area (Å²) >= 11 is 0. The van der Waals surface area contributed by atoms with Gasteiger partial charge in [-0.05, 0) is 30.5 Å². The molecule has 86 valence electrons. The molecular weight excluding hydrogens is 212 g/mol. The molecule has 0 spiro atoms. The Balaban J connectivity index is 1.99. The summed E-state index contributed by atoms with van der Waals surface area (Å²) in [5.74, 6) is 0.774. The minimum Gasteiger partial charge on any atom is -0.478 e. The van der Waals surface area contributed by atoms with Crippen molar-refractivity contribution in [3.8, 4) is 0 Å². The van der Waals surface area contributed by atoms with Crippen molar-refractivity contribution in [3.63, 3.8) is 0 Å². The Bertz CT molecular complexity index is 515. The smallest absolute Gasteiger partial charge is 0.190 e. The van der Waals surface area contributed by atoms with Crippen molar-refractivity contribution in [2.24, 2.45) is 0 Å². The summed E-state index contributed by atoms with van der Waals surface area (Å²) in [6, 6.07) is 6.36. The molecular formula is C14H14N2O. The second kappa shape index (κ2) is 3.81. The fourth-order valence-corrected chi connectivity index (χ4v) is 2.84. The molecule has 0 saturated carbocycles. The molecule has 1 aliphatic carbocycles. The van der Waals surface area contributed by atoms with Crippen molar-refractivity contribution in [2.45, 2.75) is 18.9 Å². The van der Waals surface area contributed by atoms with Gasteiger partial charge in [0.2, 0.25) is 0 Å². The highest BCUT2D eigenvalue weighted by molar-refractivity contribution is 5.58. The topological polar surface area (TPSA) is 16.8 Å². The summed E-state index contributed by atoms with van der Waals surface area (Å²) in [4.78, 5) is 5.82. The van der Waals surface area contributed by atoms with Gasteiger partial charge >= 0.3 is 0 Å². The maximum Gasteiger partial charge on any atom is 0.190 e. The third-order valence-electron chi connectivity index (χ3n) is 3.63. The summed E-state index contributed by atoms with van der Waals surface area (Å²) in [6.45, 7) is 12.8. The normalized spacial score (nSPS) is 22.2. The highest BCUT2D eigenvalue weighted by Crippen LogP contribution is 2.42. The van der Waals surface area contributed by atoms with E-state index in [2.05, 4.69) is 22.4 Å². The molecule has 3 rings (SSSR count). The molecule has 0 N–H and O–H groups in total. The van der Waals surface area contributed by atoms with E-state index in [1.165, 1.54) is 11.1 Å². The second-order valence-electron chi connectivity index (χ2n) is 4.45. The monoisotopic (exact) mass is 226 g/mol. The van der Waals surface area contributed by atoms with E-state index in [0.29, 0.717) is 6.04 Å². The Labute approximate surface area is 101 Å². The van der Waals surface area contributed by atoms with Crippen LogP contribution in [0.4, 0.5) is 5.69 Å². The van der Waals surface area contributed by atoms with E-state index >= 15 is 0 Å². The molecule has 3 heteroatoms. The van der Waals surface area contributed by atoms with Crippen LogP contribution in [0.5, 0.6) is 0 Å². The van der Waals surface area contributed by atoms with Crippen LogP contribution in [0.1, 0.15) is 23.6 Å². The molecule has 1 aromatic rings. The Morgan fingerprint density at radius 1 is 1.47 bits per heavy atom. The largest absolute Gasteiger partial charge is 0.478 e. The number of hydrogen-bond donors (Lipinski definition) is 0. The molecule has 3 nitrogen and oxygen atoms in total. The van der Waals surface area contributed by atoms with Crippen molar-refractivity contribution >= 4 is 5.69 Å². The third-order valence-corrected chi connectivity index (χ3v) is 3.63. The first kappa shape index (κ1) is 10.2. The Morgan fingerprint density at radius 3 is 3.06 bits per heavy atom. The lowest BCUT2D eigenvalue weighted by molar-refractivity contribution is 0.208. The summed E-state index contributed by atoms with van der Waals surface area (Å²) < 4.78 is 5.42. The third kappa shape index (κ3) is 1.49. The first-order chi connectivity index (χ1) is 8.31. The number of fused-ring (bicyclic) bond motifs is 1. The van der Waals surface area contributed by atoms with Crippen LogP contribution in [0.15, 0.2) is 30.7 Å². The minimum absolute atomic E-state index is 0.349. The highest BCUT2D eigenvalue weighted by atomic mass is 16.5. The van der Waals surface area contributed by atoms with Crippen LogP contribution < -0.4 is 0 Å². The van der Waals surface area contributed by atoms with Gasteiger partial charge in [-0.15, -0.1) is 0 Å². The molecule has 1 aromatic carbocycles. The van der Waals surface area contributed by atoms with Crippen LogP contribution in [0.2, 0.25) is 0 Å². The molecule has 0 bridgehead atoms. The molecule has 17 heavy (non-hydrogen) atoms. The van der Waals surface area contributed by atoms with Crippen LogP contribution in [-0.2, 0) is 11.2 Å². The van der Waals surface area contributed by atoms with Gasteiger partial charge in [-0.3, -0.25) is 0 Å². The first-order valence-corrected chi connectivity index (χ1v) is 5.89. The van der Waals surface area contributed by atoms with Crippen LogP contribution in [0.3, 0.4) is 0 Å². The maximum atomic E-state index is 7.20. The number of hydrogen-bond acceptors (Lipinski definition) is 2. The zero-order valence-electron chi connectivity index (χ0n) is 9.65. The van der Waals surface area contributed by atoms with Gasteiger partial charge in [-0.25, -0.2) is 4.85 Å². The zero-order valence-corrected chi connectivity index (χ0v) is 9.65. The number of ether oxygens (including phenoxy) is 1. The molecule has 1 heterocycles. The number of nitrogens with zero attached hydrogens (tertiary/aromatic N) is 2. The van der Waals surface area contributed by atoms with Gasteiger partial charge in [-0.2, -0.15) is 0 Å². The van der Waals surface area contributed by atoms with Gasteiger partial charge in [0.05, 0.1) is 19.2 Å². The molecule has 1 saturated heterocycles. The van der Waals surface area contributed by atoms with E-state index in [9.17, 15) is 0 Å². The van der Waals surface area contributed by atoms with Gasteiger partial charge < -0.3 is 9.64 Å². The lowest BCUT2D eigenvalue weighted by atomic mass is 10.1. The predicted octanol–water partition coefficient (Wildman–Crippen LogP) is 3.03. The summed E-state index contributed by atoms with van der Waals surface area (Å²) in [6.07, 6.45) is 2.05. The molecule has 0 unspecified atom stereocenters. The van der Waals surface area contributed by atoms with E-state index in [1.807, 2.05) is 12.1 Å². The Kier molecular flexibility index (Phi) is 2.29. The van der Waals surface area contributed by atoms with Crippen LogP contribution in [0.25, 0.3) is 4.85 Å². The van der Waals surface area contributed by atoms with Gasteiger partial charge in [0, 0.05) is 0 Å². The Morgan fingerprint density at radius 2 is 2.35 bits per heavy atom. The summed E-state index contributed by atoms with van der Waals surface area (Å²) in [5, 5.41) is 0. The fourth-order valence-electron chi connectivity index (χ4n) is 2.84. The van der Waals surface area contributed by atoms with Crippen molar-refractivity contribution in [3.05, 3.63) is 53.2 Å². The Hall–Kier alpha value is -1.95. The van der Waals surface area contributed by atoms with E-state index in [1.54, 1.807) is 0 Å². The zero-order chi connectivity index (χ0) is 11.8. The molecule has 1 aliphatic heterocycles. The summed E-state index contributed by atoms with van der Waals surface area (Å²) in [5.41, 5.74) is 3.30. The minimum atomic E-state index is 0.349. The second-order valence-corrected chi connectivity index (χ2v) is 4.45. The van der Waals surface area contributed by atoms with Crippen molar-refractivity contribution < 1.29 is 4.74 Å². The van der Waals surface area contributed by atoms with Crippen LogP contribution >= 0.6 is 0 Å².